The molecule has 1 aromatic heterocycles. The van der Waals surface area contributed by atoms with Gasteiger partial charge in [0.25, 0.3) is 0 Å². The quantitative estimate of drug-likeness (QED) is 0.776. The van der Waals surface area contributed by atoms with Gasteiger partial charge in [-0.1, -0.05) is 18.2 Å². The van der Waals surface area contributed by atoms with Gasteiger partial charge in [0.05, 0.1) is 7.11 Å². The molecule has 0 atom stereocenters. The first-order chi connectivity index (χ1) is 9.20. The Morgan fingerprint density at radius 1 is 1.21 bits per heavy atom. The number of hydrogen-bond donors (Lipinski definition) is 0. The Balaban J connectivity index is 1.96. The van der Waals surface area contributed by atoms with Gasteiger partial charge in [-0.05, 0) is 24.3 Å². The van der Waals surface area contributed by atoms with E-state index in [1.165, 1.54) is 14.2 Å². The van der Waals surface area contributed by atoms with E-state index in [1.807, 2.05) is 30.3 Å². The van der Waals surface area contributed by atoms with E-state index in [9.17, 15) is 4.79 Å². The van der Waals surface area contributed by atoms with Crippen molar-refractivity contribution in [1.82, 2.24) is 5.06 Å². The third-order valence-corrected chi connectivity index (χ3v) is 2.56. The molecule has 0 bridgehead atoms. The van der Waals surface area contributed by atoms with Crippen molar-refractivity contribution in [3.63, 3.8) is 0 Å². The Morgan fingerprint density at radius 2 is 1.95 bits per heavy atom. The maximum atomic E-state index is 11.7. The number of para-hydroxylation sites is 1. The summed E-state index contributed by atoms with van der Waals surface area (Å²) in [5.74, 6) is 1.21. The summed E-state index contributed by atoms with van der Waals surface area (Å²) in [6, 6.07) is 12.7. The summed E-state index contributed by atoms with van der Waals surface area (Å²) in [4.78, 5) is 16.5. The smallest absolute Gasteiger partial charge is 0.312 e. The highest BCUT2D eigenvalue weighted by Gasteiger charge is 2.15. The van der Waals surface area contributed by atoms with Gasteiger partial charge in [-0.15, -0.1) is 0 Å². The van der Waals surface area contributed by atoms with E-state index in [4.69, 9.17) is 14.0 Å². The minimum atomic E-state index is -0.339. The van der Waals surface area contributed by atoms with Gasteiger partial charge in [0.15, 0.2) is 5.76 Å². The van der Waals surface area contributed by atoms with Gasteiger partial charge in [0.1, 0.15) is 18.1 Å². The van der Waals surface area contributed by atoms with Crippen molar-refractivity contribution in [2.75, 3.05) is 14.2 Å². The van der Waals surface area contributed by atoms with E-state index in [0.29, 0.717) is 5.76 Å². The fourth-order valence-electron chi connectivity index (χ4n) is 1.48. The molecule has 1 aromatic carbocycles. The van der Waals surface area contributed by atoms with Crippen molar-refractivity contribution < 1.29 is 18.8 Å². The second kappa shape index (κ2) is 6.06. The molecule has 2 rings (SSSR count). The van der Waals surface area contributed by atoms with Crippen LogP contribution in [0.25, 0.3) is 0 Å². The number of rotatable bonds is 5. The summed E-state index contributed by atoms with van der Waals surface area (Å²) in [5, 5.41) is 1.10. The minimum Gasteiger partial charge on any atom is -0.486 e. The molecule has 19 heavy (non-hydrogen) atoms. The molecule has 0 aliphatic carbocycles. The molecule has 0 fully saturated rings. The summed E-state index contributed by atoms with van der Waals surface area (Å²) < 4.78 is 10.9. The fourth-order valence-corrected chi connectivity index (χ4v) is 1.48. The third kappa shape index (κ3) is 3.35. The normalized spacial score (nSPS) is 10.2. The molecule has 2 aromatic rings. The van der Waals surface area contributed by atoms with Crippen molar-refractivity contribution in [3.8, 4) is 5.75 Å². The summed E-state index contributed by atoms with van der Waals surface area (Å²) in [6.45, 7) is 0.272. The lowest BCUT2D eigenvalue weighted by Gasteiger charge is -2.11. The lowest BCUT2D eigenvalue weighted by molar-refractivity contribution is -0.0774. The lowest BCUT2D eigenvalue weighted by atomic mass is 10.3. The van der Waals surface area contributed by atoms with E-state index < -0.39 is 0 Å². The predicted octanol–water partition coefficient (Wildman–Crippen LogP) is 2.49. The number of carbonyl (C=O) groups is 1. The van der Waals surface area contributed by atoms with E-state index >= 15 is 0 Å². The zero-order valence-electron chi connectivity index (χ0n) is 10.8. The van der Waals surface area contributed by atoms with Crippen molar-refractivity contribution in [2.24, 2.45) is 0 Å². The Bertz CT molecular complexity index is 535. The second-order valence-electron chi connectivity index (χ2n) is 3.85. The summed E-state index contributed by atoms with van der Waals surface area (Å²) in [6.07, 6.45) is 0. The SMILES string of the molecule is CON(C)C(=O)c1ccc(COc2ccccc2)o1. The van der Waals surface area contributed by atoms with Gasteiger partial charge < -0.3 is 9.15 Å². The third-order valence-electron chi connectivity index (χ3n) is 2.56. The average Bonchev–Trinajstić information content (AvgIpc) is 2.93. The average molecular weight is 261 g/mol. The highest BCUT2D eigenvalue weighted by Crippen LogP contribution is 2.14. The number of hydrogen-bond acceptors (Lipinski definition) is 4. The number of carbonyl (C=O) groups excluding carboxylic acids is 1. The highest BCUT2D eigenvalue weighted by atomic mass is 16.7. The maximum Gasteiger partial charge on any atom is 0.312 e. The summed E-state index contributed by atoms with van der Waals surface area (Å²) in [7, 11) is 2.94. The van der Waals surface area contributed by atoms with Crippen LogP contribution >= 0.6 is 0 Å². The van der Waals surface area contributed by atoms with Crippen LogP contribution in [-0.4, -0.2) is 25.1 Å². The predicted molar refractivity (Wildman–Crippen MR) is 68.6 cm³/mol. The second-order valence-corrected chi connectivity index (χ2v) is 3.85. The molecule has 1 heterocycles. The van der Waals surface area contributed by atoms with Gasteiger partial charge in [-0.3, -0.25) is 9.63 Å². The number of nitrogens with zero attached hydrogens (tertiary/aromatic N) is 1. The van der Waals surface area contributed by atoms with Crippen LogP contribution < -0.4 is 4.74 Å². The lowest BCUT2D eigenvalue weighted by Crippen LogP contribution is -2.24. The molecule has 1 amide bonds. The van der Waals surface area contributed by atoms with Crippen LogP contribution in [-0.2, 0) is 11.4 Å². The van der Waals surface area contributed by atoms with Crippen LogP contribution in [0.5, 0.6) is 5.75 Å². The van der Waals surface area contributed by atoms with E-state index in [-0.39, 0.29) is 18.3 Å². The van der Waals surface area contributed by atoms with E-state index in [1.54, 1.807) is 12.1 Å². The molecule has 0 aliphatic heterocycles. The number of ether oxygens (including phenoxy) is 1. The number of amides is 1. The van der Waals surface area contributed by atoms with Gasteiger partial charge in [0.2, 0.25) is 0 Å². The molecular formula is C14H15NO4. The van der Waals surface area contributed by atoms with E-state index in [0.717, 1.165) is 10.8 Å². The first kappa shape index (κ1) is 13.2. The Hall–Kier alpha value is -2.27. The first-order valence-corrected chi connectivity index (χ1v) is 5.79. The van der Waals surface area contributed by atoms with Gasteiger partial charge in [-0.2, -0.15) is 0 Å². The van der Waals surface area contributed by atoms with Crippen LogP contribution in [0.4, 0.5) is 0 Å². The number of furan rings is 1. The monoisotopic (exact) mass is 261 g/mol. The topological polar surface area (TPSA) is 51.9 Å². The standard InChI is InChI=1S/C14H15NO4/c1-15(17-2)14(16)13-9-8-12(19-13)10-18-11-6-4-3-5-7-11/h3-9H,10H2,1-2H3. The molecule has 0 saturated carbocycles. The summed E-state index contributed by atoms with van der Waals surface area (Å²) in [5.41, 5.74) is 0. The van der Waals surface area contributed by atoms with Crippen LogP contribution in [0.3, 0.4) is 0 Å². The van der Waals surface area contributed by atoms with Crippen LogP contribution in [0.15, 0.2) is 46.9 Å². The van der Waals surface area contributed by atoms with Gasteiger partial charge in [-0.25, -0.2) is 5.06 Å². The van der Waals surface area contributed by atoms with Crippen molar-refractivity contribution in [2.45, 2.75) is 6.61 Å². The Labute approximate surface area is 111 Å². The maximum absolute atomic E-state index is 11.7. The van der Waals surface area contributed by atoms with Crippen molar-refractivity contribution in [3.05, 3.63) is 54.0 Å². The Morgan fingerprint density at radius 3 is 2.63 bits per heavy atom. The molecule has 0 unspecified atom stereocenters. The molecule has 0 saturated heterocycles. The molecule has 0 aliphatic rings. The van der Waals surface area contributed by atoms with Crippen molar-refractivity contribution in [1.29, 1.82) is 0 Å². The Kier molecular flexibility index (Phi) is 4.20. The zero-order chi connectivity index (χ0) is 13.7. The molecule has 0 spiro atoms. The number of hydroxylamine groups is 2. The summed E-state index contributed by atoms with van der Waals surface area (Å²) >= 11 is 0. The molecule has 100 valence electrons. The van der Waals surface area contributed by atoms with Gasteiger partial charge in [0, 0.05) is 7.05 Å². The molecule has 0 radical (unpaired) electrons. The minimum absolute atomic E-state index is 0.219. The highest BCUT2D eigenvalue weighted by molar-refractivity contribution is 5.90. The molecule has 5 heteroatoms. The largest absolute Gasteiger partial charge is 0.486 e. The molecular weight excluding hydrogens is 246 g/mol. The first-order valence-electron chi connectivity index (χ1n) is 5.79. The van der Waals surface area contributed by atoms with E-state index in [2.05, 4.69) is 0 Å². The molecule has 5 nitrogen and oxygen atoms in total. The number of benzene rings is 1. The molecule has 0 N–H and O–H groups in total. The van der Waals surface area contributed by atoms with Crippen LogP contribution in [0.2, 0.25) is 0 Å². The van der Waals surface area contributed by atoms with Crippen LogP contribution in [0, 0.1) is 0 Å². The zero-order valence-corrected chi connectivity index (χ0v) is 10.8. The van der Waals surface area contributed by atoms with Crippen molar-refractivity contribution >= 4 is 5.91 Å². The van der Waals surface area contributed by atoms with Crippen LogP contribution in [0.1, 0.15) is 16.3 Å². The van der Waals surface area contributed by atoms with Gasteiger partial charge >= 0.3 is 5.91 Å². The fraction of sp³-hybridized carbons (Fsp3) is 0.214.